The quantitative estimate of drug-likeness (QED) is 0.656. The number of amides is 3. The number of carbonyl (C=O) groups is 2. The lowest BCUT2D eigenvalue weighted by Gasteiger charge is -2.32. The molecule has 0 saturated carbocycles. The minimum atomic E-state index is -0.0683. The maximum absolute atomic E-state index is 12.9. The molecule has 3 aromatic rings. The molecule has 1 N–H and O–H groups in total. The molecule has 2 saturated heterocycles. The molecular formula is C26H27N5O2. The first-order valence-electron chi connectivity index (χ1n) is 11.5. The van der Waals surface area contributed by atoms with E-state index in [0.29, 0.717) is 25.4 Å². The fourth-order valence-electron chi connectivity index (χ4n) is 4.55. The fraction of sp³-hybridized carbons (Fsp3) is 0.308. The first kappa shape index (κ1) is 21.1. The zero-order chi connectivity index (χ0) is 22.6. The van der Waals surface area contributed by atoms with E-state index in [-0.39, 0.29) is 11.9 Å². The van der Waals surface area contributed by atoms with Crippen LogP contribution in [0.4, 0.5) is 10.5 Å². The van der Waals surface area contributed by atoms with Crippen LogP contribution in [0.5, 0.6) is 0 Å². The number of nitrogens with zero attached hydrogens (tertiary/aromatic N) is 4. The van der Waals surface area contributed by atoms with Crippen LogP contribution in [0, 0.1) is 0 Å². The summed E-state index contributed by atoms with van der Waals surface area (Å²) in [5.41, 5.74) is 3.90. The van der Waals surface area contributed by atoms with Crippen molar-refractivity contribution in [2.24, 2.45) is 0 Å². The van der Waals surface area contributed by atoms with Crippen molar-refractivity contribution >= 4 is 17.6 Å². The van der Waals surface area contributed by atoms with E-state index in [9.17, 15) is 9.59 Å². The summed E-state index contributed by atoms with van der Waals surface area (Å²) in [6, 6.07) is 19.7. The first-order valence-corrected chi connectivity index (χ1v) is 11.5. The Morgan fingerprint density at radius 3 is 2.42 bits per heavy atom. The third-order valence-electron chi connectivity index (χ3n) is 6.44. The molecule has 168 valence electrons. The van der Waals surface area contributed by atoms with Crippen LogP contribution in [-0.2, 0) is 11.2 Å². The summed E-state index contributed by atoms with van der Waals surface area (Å²) in [5.74, 6) is 1.24. The van der Waals surface area contributed by atoms with Crippen molar-refractivity contribution in [3.8, 4) is 11.4 Å². The van der Waals surface area contributed by atoms with E-state index in [1.807, 2.05) is 71.8 Å². The zero-order valence-corrected chi connectivity index (χ0v) is 18.5. The van der Waals surface area contributed by atoms with Gasteiger partial charge in [-0.3, -0.25) is 9.69 Å². The van der Waals surface area contributed by atoms with Crippen LogP contribution in [0.25, 0.3) is 11.4 Å². The number of benzene rings is 2. The molecule has 3 heterocycles. The molecule has 7 nitrogen and oxygen atoms in total. The lowest BCUT2D eigenvalue weighted by atomic mass is 9.93. The van der Waals surface area contributed by atoms with E-state index in [1.54, 1.807) is 4.90 Å². The molecule has 0 aliphatic carbocycles. The van der Waals surface area contributed by atoms with Crippen LogP contribution >= 0.6 is 0 Å². The number of hydrogen-bond donors (Lipinski definition) is 1. The topological polar surface area (TPSA) is 78.4 Å². The highest BCUT2D eigenvalue weighted by molar-refractivity contribution is 5.94. The largest absolute Gasteiger partial charge is 0.342 e. The van der Waals surface area contributed by atoms with Gasteiger partial charge < -0.3 is 10.2 Å². The predicted molar refractivity (Wildman–Crippen MR) is 127 cm³/mol. The Morgan fingerprint density at radius 2 is 1.73 bits per heavy atom. The van der Waals surface area contributed by atoms with Gasteiger partial charge in [-0.25, -0.2) is 14.8 Å². The molecule has 1 aromatic heterocycles. The summed E-state index contributed by atoms with van der Waals surface area (Å²) < 4.78 is 0. The molecule has 0 radical (unpaired) electrons. The highest BCUT2D eigenvalue weighted by atomic mass is 16.2. The second-order valence-electron chi connectivity index (χ2n) is 8.55. The van der Waals surface area contributed by atoms with Crippen LogP contribution in [0.1, 0.15) is 30.0 Å². The second kappa shape index (κ2) is 9.40. The third-order valence-corrected chi connectivity index (χ3v) is 6.44. The van der Waals surface area contributed by atoms with Crippen molar-refractivity contribution in [3.05, 3.63) is 78.1 Å². The van der Waals surface area contributed by atoms with Gasteiger partial charge in [-0.1, -0.05) is 42.5 Å². The normalized spacial score (nSPS) is 16.7. The third kappa shape index (κ3) is 4.72. The first-order chi connectivity index (χ1) is 16.2. The molecule has 2 aliphatic heterocycles. The Bertz CT molecular complexity index is 1120. The summed E-state index contributed by atoms with van der Waals surface area (Å²) in [6.45, 7) is 2.81. The van der Waals surface area contributed by atoms with E-state index in [2.05, 4.69) is 10.3 Å². The summed E-state index contributed by atoms with van der Waals surface area (Å²) in [6.07, 6.45) is 4.01. The molecule has 33 heavy (non-hydrogen) atoms. The van der Waals surface area contributed by atoms with Crippen LogP contribution < -0.4 is 10.2 Å². The number of rotatable bonds is 5. The van der Waals surface area contributed by atoms with Gasteiger partial charge in [0.2, 0.25) is 5.91 Å². The smallest absolute Gasteiger partial charge is 0.321 e. The Morgan fingerprint density at radius 1 is 0.970 bits per heavy atom. The Balaban J connectivity index is 1.17. The van der Waals surface area contributed by atoms with Crippen molar-refractivity contribution in [2.45, 2.75) is 25.2 Å². The van der Waals surface area contributed by atoms with Gasteiger partial charge in [-0.05, 0) is 36.6 Å². The zero-order valence-electron chi connectivity index (χ0n) is 18.5. The minimum Gasteiger partial charge on any atom is -0.342 e. The van der Waals surface area contributed by atoms with Gasteiger partial charge in [0.05, 0.1) is 6.42 Å². The molecule has 3 amide bonds. The lowest BCUT2D eigenvalue weighted by Crippen LogP contribution is -2.39. The second-order valence-corrected chi connectivity index (χ2v) is 8.55. The highest BCUT2D eigenvalue weighted by Crippen LogP contribution is 2.28. The molecule has 0 bridgehead atoms. The van der Waals surface area contributed by atoms with Crippen molar-refractivity contribution in [2.75, 3.05) is 31.1 Å². The van der Waals surface area contributed by atoms with Gasteiger partial charge in [0.1, 0.15) is 0 Å². The van der Waals surface area contributed by atoms with Crippen molar-refractivity contribution < 1.29 is 9.59 Å². The van der Waals surface area contributed by atoms with Crippen molar-refractivity contribution in [1.82, 2.24) is 20.2 Å². The SMILES string of the molecule is O=C(Cc1ccc(N2CCNC2=O)cc1)N1CCC(c2ccnc(-c3ccccc3)n2)CC1. The van der Waals surface area contributed by atoms with Gasteiger partial charge in [-0.15, -0.1) is 0 Å². The van der Waals surface area contributed by atoms with E-state index in [1.165, 1.54) is 0 Å². The average molecular weight is 442 g/mol. The molecule has 2 aliphatic rings. The lowest BCUT2D eigenvalue weighted by molar-refractivity contribution is -0.131. The maximum Gasteiger partial charge on any atom is 0.321 e. The van der Waals surface area contributed by atoms with E-state index in [4.69, 9.17) is 4.98 Å². The average Bonchev–Trinajstić information content (AvgIpc) is 3.31. The van der Waals surface area contributed by atoms with Gasteiger partial charge in [-0.2, -0.15) is 0 Å². The number of nitrogens with one attached hydrogen (secondary N) is 1. The Kier molecular flexibility index (Phi) is 6.02. The van der Waals surface area contributed by atoms with Crippen molar-refractivity contribution in [1.29, 1.82) is 0 Å². The molecule has 5 rings (SSSR count). The molecule has 7 heteroatoms. The summed E-state index contributed by atoms with van der Waals surface area (Å²) in [4.78, 5) is 37.6. The standard InChI is InChI=1S/C26H27N5O2/c32-24(18-19-6-8-22(9-7-19)31-17-14-28-26(31)33)30-15-11-20(12-16-30)23-10-13-27-25(29-23)21-4-2-1-3-5-21/h1-10,13,20H,11-12,14-18H2,(H,28,33). The van der Waals surface area contributed by atoms with Gasteiger partial charge >= 0.3 is 6.03 Å². The van der Waals surface area contributed by atoms with Gasteiger partial charge in [0, 0.05) is 55.2 Å². The van der Waals surface area contributed by atoms with Crippen LogP contribution in [0.15, 0.2) is 66.9 Å². The summed E-state index contributed by atoms with van der Waals surface area (Å²) in [7, 11) is 0. The minimum absolute atomic E-state index is 0.0683. The summed E-state index contributed by atoms with van der Waals surface area (Å²) >= 11 is 0. The summed E-state index contributed by atoms with van der Waals surface area (Å²) in [5, 5.41) is 2.80. The Hall–Kier alpha value is -3.74. The maximum atomic E-state index is 12.9. The van der Waals surface area contributed by atoms with E-state index in [0.717, 1.165) is 54.3 Å². The van der Waals surface area contributed by atoms with Crippen LogP contribution in [-0.4, -0.2) is 53.0 Å². The highest BCUT2D eigenvalue weighted by Gasteiger charge is 2.25. The number of anilines is 1. The number of carbonyl (C=O) groups excluding carboxylic acids is 2. The number of aromatic nitrogens is 2. The monoisotopic (exact) mass is 441 g/mol. The van der Waals surface area contributed by atoms with Crippen LogP contribution in [0.2, 0.25) is 0 Å². The number of urea groups is 1. The fourth-order valence-corrected chi connectivity index (χ4v) is 4.55. The van der Waals surface area contributed by atoms with Gasteiger partial charge in [0.15, 0.2) is 5.82 Å². The molecule has 2 fully saturated rings. The molecule has 2 aromatic carbocycles. The van der Waals surface area contributed by atoms with Crippen molar-refractivity contribution in [3.63, 3.8) is 0 Å². The predicted octanol–water partition coefficient (Wildman–Crippen LogP) is 3.62. The molecular weight excluding hydrogens is 414 g/mol. The van der Waals surface area contributed by atoms with Crippen LogP contribution in [0.3, 0.4) is 0 Å². The molecule has 0 spiro atoms. The molecule has 0 atom stereocenters. The number of piperidine rings is 1. The van der Waals surface area contributed by atoms with Gasteiger partial charge in [0.25, 0.3) is 0 Å². The Labute approximate surface area is 193 Å². The molecule has 0 unspecified atom stereocenters. The van der Waals surface area contributed by atoms with E-state index >= 15 is 0 Å². The number of likely N-dealkylation sites (tertiary alicyclic amines) is 1. The van der Waals surface area contributed by atoms with E-state index < -0.39 is 0 Å². The number of hydrogen-bond acceptors (Lipinski definition) is 4.